The highest BCUT2D eigenvalue weighted by atomic mass is 16.5. The van der Waals surface area contributed by atoms with Crippen LogP contribution in [0.5, 0.6) is 0 Å². The van der Waals surface area contributed by atoms with Gasteiger partial charge in [0.1, 0.15) is 6.61 Å². The predicted octanol–water partition coefficient (Wildman–Crippen LogP) is 0.249. The van der Waals surface area contributed by atoms with Crippen LogP contribution in [0.3, 0.4) is 0 Å². The first-order chi connectivity index (χ1) is 12.0. The first kappa shape index (κ1) is 20.8. The van der Waals surface area contributed by atoms with Crippen LogP contribution in [0.4, 0.5) is 0 Å². The van der Waals surface area contributed by atoms with Gasteiger partial charge in [-0.3, -0.25) is 14.4 Å². The maximum absolute atomic E-state index is 12.4. The van der Waals surface area contributed by atoms with Gasteiger partial charge in [-0.25, -0.2) is 0 Å². The number of hydrogen-bond donors (Lipinski definition) is 3. The molecule has 0 aliphatic carbocycles. The zero-order chi connectivity index (χ0) is 18.7. The molecule has 1 aromatic carbocycles. The molecule has 7 nitrogen and oxygen atoms in total. The van der Waals surface area contributed by atoms with Crippen molar-refractivity contribution in [3.05, 3.63) is 35.9 Å². The van der Waals surface area contributed by atoms with E-state index >= 15 is 0 Å². The number of Topliss-reactive ketones (excluding diaryl/α,β-unsaturated/α-hetero) is 1. The number of ether oxygens (including phenoxy) is 1. The number of rotatable bonds is 11. The highest BCUT2D eigenvalue weighted by molar-refractivity contribution is 5.91. The van der Waals surface area contributed by atoms with E-state index in [9.17, 15) is 14.4 Å². The Balaban J connectivity index is 2.60. The van der Waals surface area contributed by atoms with Crippen molar-refractivity contribution in [2.24, 2.45) is 5.92 Å². The number of nitrogens with one attached hydrogen (secondary N) is 3. The molecule has 2 atom stereocenters. The van der Waals surface area contributed by atoms with Gasteiger partial charge >= 0.3 is 0 Å². The van der Waals surface area contributed by atoms with Gasteiger partial charge < -0.3 is 20.7 Å². The van der Waals surface area contributed by atoms with Gasteiger partial charge in [-0.2, -0.15) is 0 Å². The lowest BCUT2D eigenvalue weighted by Gasteiger charge is -2.20. The van der Waals surface area contributed by atoms with Gasteiger partial charge in [-0.1, -0.05) is 37.3 Å². The Bertz CT molecular complexity index is 563. The van der Waals surface area contributed by atoms with Crippen LogP contribution in [-0.4, -0.2) is 50.9 Å². The van der Waals surface area contributed by atoms with Gasteiger partial charge in [0.2, 0.25) is 11.8 Å². The second-order valence-electron chi connectivity index (χ2n) is 5.85. The summed E-state index contributed by atoms with van der Waals surface area (Å²) in [4.78, 5) is 35.9. The summed E-state index contributed by atoms with van der Waals surface area (Å²) in [5, 5.41) is 7.94. The van der Waals surface area contributed by atoms with Crippen molar-refractivity contribution in [3.8, 4) is 0 Å². The molecule has 0 aliphatic rings. The molecule has 1 aromatic rings. The minimum Gasteiger partial charge on any atom is -0.369 e. The number of carbonyl (C=O) groups excluding carboxylic acids is 3. The number of ketones is 1. The maximum atomic E-state index is 12.4. The molecule has 0 spiro atoms. The largest absolute Gasteiger partial charge is 0.369 e. The summed E-state index contributed by atoms with van der Waals surface area (Å²) in [5.74, 6) is -1.13. The number of carbonyl (C=O) groups is 3. The Kier molecular flexibility index (Phi) is 9.42. The van der Waals surface area contributed by atoms with Crippen molar-refractivity contribution in [3.63, 3.8) is 0 Å². The van der Waals surface area contributed by atoms with Crippen LogP contribution in [0.2, 0.25) is 0 Å². The van der Waals surface area contributed by atoms with Crippen molar-refractivity contribution in [1.29, 1.82) is 0 Å². The Hall–Kier alpha value is -2.25. The van der Waals surface area contributed by atoms with Crippen molar-refractivity contribution in [1.82, 2.24) is 16.0 Å². The second-order valence-corrected chi connectivity index (χ2v) is 5.85. The van der Waals surface area contributed by atoms with Gasteiger partial charge in [0.15, 0.2) is 5.78 Å². The van der Waals surface area contributed by atoms with Crippen LogP contribution < -0.4 is 16.0 Å². The molecule has 0 saturated heterocycles. The lowest BCUT2D eigenvalue weighted by Crippen LogP contribution is -2.47. The van der Waals surface area contributed by atoms with E-state index in [4.69, 9.17) is 4.74 Å². The average molecular weight is 349 g/mol. The number of likely N-dealkylation sites (N-methyl/N-ethyl adjacent to an activating group) is 1. The molecule has 1 rings (SSSR count). The molecule has 25 heavy (non-hydrogen) atoms. The van der Waals surface area contributed by atoms with Crippen LogP contribution >= 0.6 is 0 Å². The van der Waals surface area contributed by atoms with E-state index in [0.717, 1.165) is 5.56 Å². The molecule has 7 heteroatoms. The smallest absolute Gasteiger partial charge is 0.234 e. The average Bonchev–Trinajstić information content (AvgIpc) is 2.61. The standard InChI is InChI=1S/C18H27N3O4/c1-13(18(24)20-3)9-15(21-17(23)10-19-2)16(22)12-25-11-14-7-5-4-6-8-14/h4-8,13,15,19H,9-12H2,1-3H3,(H,20,24)(H,21,23). The monoisotopic (exact) mass is 349 g/mol. The summed E-state index contributed by atoms with van der Waals surface area (Å²) < 4.78 is 5.46. The fourth-order valence-electron chi connectivity index (χ4n) is 2.33. The third-order valence-electron chi connectivity index (χ3n) is 3.70. The highest BCUT2D eigenvalue weighted by Crippen LogP contribution is 2.09. The molecule has 3 N–H and O–H groups in total. The van der Waals surface area contributed by atoms with Crippen LogP contribution in [0.15, 0.2) is 30.3 Å². The third kappa shape index (κ3) is 7.91. The minimum absolute atomic E-state index is 0.100. The van der Waals surface area contributed by atoms with E-state index in [2.05, 4.69) is 16.0 Å². The number of hydrogen-bond acceptors (Lipinski definition) is 5. The first-order valence-electron chi connectivity index (χ1n) is 8.27. The molecule has 0 aromatic heterocycles. The van der Waals surface area contributed by atoms with E-state index < -0.39 is 12.0 Å². The van der Waals surface area contributed by atoms with Crippen molar-refractivity contribution in [2.45, 2.75) is 26.0 Å². The molecule has 0 heterocycles. The molecule has 2 amide bonds. The molecule has 0 aliphatic heterocycles. The van der Waals surface area contributed by atoms with Gasteiger partial charge in [0.05, 0.1) is 19.2 Å². The topological polar surface area (TPSA) is 96.5 Å². The van der Waals surface area contributed by atoms with Crippen LogP contribution in [0.1, 0.15) is 18.9 Å². The molecule has 0 bridgehead atoms. The normalized spacial score (nSPS) is 12.9. The summed E-state index contributed by atoms with van der Waals surface area (Å²) >= 11 is 0. The summed E-state index contributed by atoms with van der Waals surface area (Å²) in [7, 11) is 3.19. The SMILES string of the molecule is CNCC(=O)NC(CC(C)C(=O)NC)C(=O)COCc1ccccc1. The quantitative estimate of drug-likeness (QED) is 0.532. The third-order valence-corrected chi connectivity index (χ3v) is 3.70. The predicted molar refractivity (Wildman–Crippen MR) is 94.8 cm³/mol. The zero-order valence-corrected chi connectivity index (χ0v) is 15.0. The van der Waals surface area contributed by atoms with Gasteiger partial charge in [-0.15, -0.1) is 0 Å². The van der Waals surface area contributed by atoms with Gasteiger partial charge in [0, 0.05) is 13.0 Å². The Morgan fingerprint density at radius 1 is 1.12 bits per heavy atom. The lowest BCUT2D eigenvalue weighted by molar-refractivity contribution is -0.132. The number of benzene rings is 1. The molecule has 2 unspecified atom stereocenters. The molecule has 0 fully saturated rings. The van der Waals surface area contributed by atoms with E-state index in [1.807, 2.05) is 30.3 Å². The fourth-order valence-corrected chi connectivity index (χ4v) is 2.33. The van der Waals surface area contributed by atoms with Crippen molar-refractivity contribution < 1.29 is 19.1 Å². The van der Waals surface area contributed by atoms with E-state index in [1.165, 1.54) is 7.05 Å². The van der Waals surface area contributed by atoms with Gasteiger partial charge in [0.25, 0.3) is 0 Å². The minimum atomic E-state index is -0.760. The second kappa shape index (κ2) is 11.3. The summed E-state index contributed by atoms with van der Waals surface area (Å²) in [5.41, 5.74) is 0.963. The Morgan fingerprint density at radius 2 is 1.80 bits per heavy atom. The maximum Gasteiger partial charge on any atom is 0.234 e. The van der Waals surface area contributed by atoms with Gasteiger partial charge in [-0.05, 0) is 19.0 Å². The molecular formula is C18H27N3O4. The van der Waals surface area contributed by atoms with Crippen molar-refractivity contribution >= 4 is 17.6 Å². The molecular weight excluding hydrogens is 322 g/mol. The lowest BCUT2D eigenvalue weighted by atomic mass is 9.98. The van der Waals surface area contributed by atoms with Crippen LogP contribution in [0, 0.1) is 5.92 Å². The van der Waals surface area contributed by atoms with Crippen LogP contribution in [-0.2, 0) is 25.7 Å². The van der Waals surface area contributed by atoms with E-state index in [1.54, 1.807) is 14.0 Å². The molecule has 0 saturated carbocycles. The summed E-state index contributed by atoms with van der Waals surface area (Å²) in [6, 6.07) is 8.75. The Morgan fingerprint density at radius 3 is 2.40 bits per heavy atom. The fraction of sp³-hybridized carbons (Fsp3) is 0.500. The summed E-state index contributed by atoms with van der Waals surface area (Å²) in [6.45, 7) is 2.01. The Labute approximate surface area is 148 Å². The molecule has 0 radical (unpaired) electrons. The highest BCUT2D eigenvalue weighted by Gasteiger charge is 2.25. The summed E-state index contributed by atoms with van der Waals surface area (Å²) in [6.07, 6.45) is 0.225. The van der Waals surface area contributed by atoms with E-state index in [0.29, 0.717) is 6.61 Å². The van der Waals surface area contributed by atoms with E-state index in [-0.39, 0.29) is 37.2 Å². The van der Waals surface area contributed by atoms with Crippen LogP contribution in [0.25, 0.3) is 0 Å². The number of amides is 2. The first-order valence-corrected chi connectivity index (χ1v) is 8.27. The van der Waals surface area contributed by atoms with Crippen molar-refractivity contribution in [2.75, 3.05) is 27.2 Å². The zero-order valence-electron chi connectivity index (χ0n) is 15.0. The molecule has 138 valence electrons.